The van der Waals surface area contributed by atoms with Gasteiger partial charge in [0.05, 0.1) is 12.1 Å². The van der Waals surface area contributed by atoms with Gasteiger partial charge in [0.25, 0.3) is 5.92 Å². The molecule has 3 N–H and O–H groups in total. The lowest BCUT2D eigenvalue weighted by Crippen LogP contribution is -2.47. The van der Waals surface area contributed by atoms with Crippen molar-refractivity contribution in [1.82, 2.24) is 10.00 Å². The summed E-state index contributed by atoms with van der Waals surface area (Å²) in [5.41, 5.74) is 9.21. The third-order valence-corrected chi connectivity index (χ3v) is 4.56. The number of piperidine rings is 1. The van der Waals surface area contributed by atoms with Crippen LogP contribution in [0.1, 0.15) is 18.4 Å². The van der Waals surface area contributed by atoms with Crippen LogP contribution < -0.4 is 10.4 Å². The van der Waals surface area contributed by atoms with E-state index in [4.69, 9.17) is 5.73 Å². The molecule has 2 aromatic rings. The summed E-state index contributed by atoms with van der Waals surface area (Å²) in [6.45, 7) is 4.33. The number of H-pyrrole nitrogens is 1. The number of aromatic amines is 1. The quantitative estimate of drug-likeness (QED) is 0.851. The molecule has 0 amide bonds. The molecule has 1 aromatic heterocycles. The lowest BCUT2D eigenvalue weighted by molar-refractivity contribution is -0.738. The average Bonchev–Trinajstić information content (AvgIpc) is 2.82. The molecular formula is C17H23F2N4+. The summed E-state index contributed by atoms with van der Waals surface area (Å²) in [6, 6.07) is 10.1. The van der Waals surface area contributed by atoms with Crippen molar-refractivity contribution < 1.29 is 13.5 Å². The number of likely N-dealkylation sites (tertiary alicyclic amines) is 1. The van der Waals surface area contributed by atoms with Crippen molar-refractivity contribution in [3.8, 4) is 11.3 Å². The highest BCUT2D eigenvalue weighted by Crippen LogP contribution is 2.27. The number of halogens is 2. The normalized spacial score (nSPS) is 18.2. The van der Waals surface area contributed by atoms with Crippen LogP contribution >= 0.6 is 0 Å². The molecule has 0 radical (unpaired) electrons. The predicted molar refractivity (Wildman–Crippen MR) is 86.2 cm³/mol. The van der Waals surface area contributed by atoms with E-state index in [1.807, 2.05) is 41.9 Å². The summed E-state index contributed by atoms with van der Waals surface area (Å²) >= 11 is 0. The minimum Gasteiger partial charge on any atom is -0.381 e. The van der Waals surface area contributed by atoms with Gasteiger partial charge in [0.1, 0.15) is 0 Å². The highest BCUT2D eigenvalue weighted by atomic mass is 19.3. The predicted octanol–water partition coefficient (Wildman–Crippen LogP) is 2.59. The average molecular weight is 321 g/mol. The van der Waals surface area contributed by atoms with Crippen LogP contribution in [0.4, 0.5) is 14.6 Å². The number of alkyl halides is 2. The number of benzene rings is 1. The fraction of sp³-hybridized carbons (Fsp3) is 0.471. The van der Waals surface area contributed by atoms with Crippen molar-refractivity contribution in [2.24, 2.45) is 0 Å². The number of nitrogens with two attached hydrogens (primary N) is 1. The maximum Gasteiger partial charge on any atom is 0.250 e. The Kier molecular flexibility index (Phi) is 4.35. The SMILES string of the molecule is Cc1c(N)[nH][n+](CCN2CCC(F)(F)CC2)c1-c1ccccc1. The molecule has 1 aliphatic rings. The zero-order valence-electron chi connectivity index (χ0n) is 13.4. The Labute approximate surface area is 134 Å². The van der Waals surface area contributed by atoms with Crippen molar-refractivity contribution in [2.45, 2.75) is 32.2 Å². The van der Waals surface area contributed by atoms with Gasteiger partial charge in [0.15, 0.2) is 12.4 Å². The Hall–Kier alpha value is -1.95. The van der Waals surface area contributed by atoms with Crippen molar-refractivity contribution >= 4 is 5.82 Å². The van der Waals surface area contributed by atoms with Crippen LogP contribution in [0.2, 0.25) is 0 Å². The molecule has 3 rings (SSSR count). The van der Waals surface area contributed by atoms with E-state index in [1.165, 1.54) is 0 Å². The number of anilines is 1. The van der Waals surface area contributed by atoms with E-state index in [9.17, 15) is 8.78 Å². The molecule has 1 fully saturated rings. The fourth-order valence-corrected chi connectivity index (χ4v) is 3.10. The van der Waals surface area contributed by atoms with Crippen LogP contribution in [0.3, 0.4) is 0 Å². The van der Waals surface area contributed by atoms with Gasteiger partial charge in [-0.1, -0.05) is 18.2 Å². The number of nitrogens with one attached hydrogen (secondary N) is 1. The molecular weight excluding hydrogens is 298 g/mol. The Morgan fingerprint density at radius 3 is 2.52 bits per heavy atom. The molecule has 0 bridgehead atoms. The maximum atomic E-state index is 13.2. The monoisotopic (exact) mass is 321 g/mol. The summed E-state index contributed by atoms with van der Waals surface area (Å²) in [5, 5.41) is 3.19. The Morgan fingerprint density at radius 2 is 1.87 bits per heavy atom. The molecule has 2 heterocycles. The second kappa shape index (κ2) is 6.28. The summed E-state index contributed by atoms with van der Waals surface area (Å²) in [4.78, 5) is 2.09. The first-order chi connectivity index (χ1) is 11.0. The lowest BCUT2D eigenvalue weighted by Gasteiger charge is -2.30. The van der Waals surface area contributed by atoms with E-state index in [0.29, 0.717) is 25.5 Å². The summed E-state index contributed by atoms with van der Waals surface area (Å²) < 4.78 is 28.5. The van der Waals surface area contributed by atoms with Gasteiger partial charge in [-0.2, -0.15) is 0 Å². The van der Waals surface area contributed by atoms with E-state index < -0.39 is 5.92 Å². The Morgan fingerprint density at radius 1 is 1.22 bits per heavy atom. The Bertz CT molecular complexity index is 657. The summed E-state index contributed by atoms with van der Waals surface area (Å²) in [6.07, 6.45) is -0.0931. The van der Waals surface area contributed by atoms with E-state index in [1.54, 1.807) is 0 Å². The van der Waals surface area contributed by atoms with Crippen LogP contribution in [-0.2, 0) is 6.54 Å². The molecule has 1 aromatic carbocycles. The lowest BCUT2D eigenvalue weighted by atomic mass is 10.1. The number of rotatable bonds is 4. The van der Waals surface area contributed by atoms with E-state index in [-0.39, 0.29) is 12.8 Å². The van der Waals surface area contributed by atoms with E-state index >= 15 is 0 Å². The topological polar surface area (TPSA) is 48.9 Å². The van der Waals surface area contributed by atoms with Crippen LogP contribution in [0.15, 0.2) is 30.3 Å². The first-order valence-electron chi connectivity index (χ1n) is 8.00. The minimum absolute atomic E-state index is 0.0465. The van der Waals surface area contributed by atoms with Crippen LogP contribution in [0.5, 0.6) is 0 Å². The summed E-state index contributed by atoms with van der Waals surface area (Å²) in [5.74, 6) is -1.85. The number of aromatic nitrogens is 2. The molecule has 0 spiro atoms. The molecule has 1 saturated heterocycles. The van der Waals surface area contributed by atoms with Crippen LogP contribution in [-0.4, -0.2) is 35.6 Å². The maximum absolute atomic E-state index is 13.2. The molecule has 1 aliphatic heterocycles. The number of nitrogens with zero attached hydrogens (tertiary/aromatic N) is 2. The van der Waals surface area contributed by atoms with Crippen molar-refractivity contribution in [1.29, 1.82) is 0 Å². The van der Waals surface area contributed by atoms with Gasteiger partial charge in [0, 0.05) is 31.5 Å². The third-order valence-electron chi connectivity index (χ3n) is 4.56. The largest absolute Gasteiger partial charge is 0.381 e. The molecule has 0 aliphatic carbocycles. The molecule has 6 heteroatoms. The summed E-state index contributed by atoms with van der Waals surface area (Å²) in [7, 11) is 0. The van der Waals surface area contributed by atoms with Gasteiger partial charge in [-0.3, -0.25) is 4.90 Å². The first-order valence-corrected chi connectivity index (χ1v) is 8.00. The van der Waals surface area contributed by atoms with Crippen molar-refractivity contribution in [3.63, 3.8) is 0 Å². The second-order valence-corrected chi connectivity index (χ2v) is 6.21. The zero-order chi connectivity index (χ0) is 16.4. The molecule has 0 atom stereocenters. The molecule has 0 saturated carbocycles. The van der Waals surface area contributed by atoms with E-state index in [2.05, 4.69) is 10.00 Å². The molecule has 124 valence electrons. The van der Waals surface area contributed by atoms with Crippen LogP contribution in [0, 0.1) is 6.92 Å². The number of hydrogen-bond donors (Lipinski definition) is 2. The minimum atomic E-state index is -2.49. The molecule has 4 nitrogen and oxygen atoms in total. The van der Waals surface area contributed by atoms with Gasteiger partial charge in [0.2, 0.25) is 5.69 Å². The van der Waals surface area contributed by atoms with Crippen LogP contribution in [0.25, 0.3) is 11.3 Å². The molecule has 23 heavy (non-hydrogen) atoms. The van der Waals surface area contributed by atoms with Crippen molar-refractivity contribution in [3.05, 3.63) is 35.9 Å². The fourth-order valence-electron chi connectivity index (χ4n) is 3.10. The third kappa shape index (κ3) is 3.52. The zero-order valence-corrected chi connectivity index (χ0v) is 13.4. The standard InChI is InChI=1S/C17H22F2N4/c1-13-15(14-5-3-2-4-6-14)23(21-16(13)20)12-11-22-9-7-17(18,19)8-10-22/h2-6H,7-12H2,1H3,(H2,20,21)/p+1. The van der Waals surface area contributed by atoms with Gasteiger partial charge in [-0.15, -0.1) is 9.78 Å². The smallest absolute Gasteiger partial charge is 0.250 e. The van der Waals surface area contributed by atoms with Gasteiger partial charge >= 0.3 is 0 Å². The molecule has 0 unspecified atom stereocenters. The number of hydrogen-bond acceptors (Lipinski definition) is 2. The van der Waals surface area contributed by atoms with E-state index in [0.717, 1.165) is 23.4 Å². The first kappa shape index (κ1) is 15.9. The number of nitrogen functional groups attached to an aromatic ring is 1. The second-order valence-electron chi connectivity index (χ2n) is 6.21. The highest BCUT2D eigenvalue weighted by Gasteiger charge is 2.34. The van der Waals surface area contributed by atoms with Gasteiger partial charge in [-0.25, -0.2) is 8.78 Å². The Balaban J connectivity index is 1.73. The van der Waals surface area contributed by atoms with Crippen molar-refractivity contribution in [2.75, 3.05) is 25.4 Å². The van der Waals surface area contributed by atoms with Gasteiger partial charge in [-0.05, 0) is 19.1 Å². The highest BCUT2D eigenvalue weighted by molar-refractivity contribution is 5.64. The van der Waals surface area contributed by atoms with Gasteiger partial charge < -0.3 is 5.73 Å².